The first-order valence-corrected chi connectivity index (χ1v) is 7.63. The zero-order valence-electron chi connectivity index (χ0n) is 13.4. The average Bonchev–Trinajstić information content (AvgIpc) is 2.62. The zero-order chi connectivity index (χ0) is 18.4. The molecule has 132 valence electrons. The predicted octanol–water partition coefficient (Wildman–Crippen LogP) is 3.28. The summed E-state index contributed by atoms with van der Waals surface area (Å²) in [5.74, 6) is -5.76. The number of benzene rings is 1. The molecule has 0 fully saturated rings. The summed E-state index contributed by atoms with van der Waals surface area (Å²) in [5, 5.41) is 4.79. The van der Waals surface area contributed by atoms with Crippen LogP contribution in [0.2, 0.25) is 0 Å². The molecule has 2 amide bonds. The highest BCUT2D eigenvalue weighted by Gasteiger charge is 2.17. The number of hydrogen-bond donors (Lipinski definition) is 2. The molecular weight excluding hydrogens is 335 g/mol. The lowest BCUT2D eigenvalue weighted by Crippen LogP contribution is -2.25. The van der Waals surface area contributed by atoms with E-state index in [1.54, 1.807) is 0 Å². The van der Waals surface area contributed by atoms with E-state index in [-0.39, 0.29) is 11.3 Å². The molecule has 1 heterocycles. The minimum absolute atomic E-state index is 0.0227. The van der Waals surface area contributed by atoms with Crippen LogP contribution in [0.3, 0.4) is 0 Å². The number of hydrogen-bond acceptors (Lipinski definition) is 3. The van der Waals surface area contributed by atoms with Crippen LogP contribution in [0.25, 0.3) is 0 Å². The van der Waals surface area contributed by atoms with Crippen molar-refractivity contribution in [3.8, 4) is 0 Å². The number of pyridine rings is 1. The lowest BCUT2D eigenvalue weighted by atomic mass is 10.2. The molecule has 1 aromatic carbocycles. The van der Waals surface area contributed by atoms with Gasteiger partial charge in [0.25, 0.3) is 11.8 Å². The van der Waals surface area contributed by atoms with Crippen LogP contribution < -0.4 is 10.6 Å². The first kappa shape index (κ1) is 18.4. The first-order chi connectivity index (χ1) is 11.9. The number of amides is 2. The Kier molecular flexibility index (Phi) is 6.10. The third-order valence-corrected chi connectivity index (χ3v) is 3.35. The summed E-state index contributed by atoms with van der Waals surface area (Å²) in [6.45, 7) is 2.46. The Morgan fingerprint density at radius 3 is 2.56 bits per heavy atom. The number of anilines is 1. The largest absolute Gasteiger partial charge is 0.351 e. The number of halogens is 3. The molecule has 5 nitrogen and oxygen atoms in total. The Morgan fingerprint density at radius 1 is 1.08 bits per heavy atom. The van der Waals surface area contributed by atoms with E-state index >= 15 is 0 Å². The van der Waals surface area contributed by atoms with Crippen molar-refractivity contribution in [2.75, 3.05) is 11.9 Å². The predicted molar refractivity (Wildman–Crippen MR) is 85.7 cm³/mol. The highest BCUT2D eigenvalue weighted by Crippen LogP contribution is 2.20. The van der Waals surface area contributed by atoms with Gasteiger partial charge in [-0.15, -0.1) is 0 Å². The second-order valence-electron chi connectivity index (χ2n) is 5.22. The lowest BCUT2D eigenvalue weighted by molar-refractivity contribution is 0.0948. The summed E-state index contributed by atoms with van der Waals surface area (Å²) in [4.78, 5) is 28.0. The standard InChI is InChI=1S/C17H16F3N3O2/c1-2-3-7-22-17(25)13-9-10(6-8-21-13)16(24)23-12-5-4-11(18)14(19)15(12)20/h4-6,8-9H,2-3,7H2,1H3,(H,22,25)(H,23,24). The van der Waals surface area contributed by atoms with E-state index in [0.717, 1.165) is 18.9 Å². The Bertz CT molecular complexity index is 797. The van der Waals surface area contributed by atoms with Crippen molar-refractivity contribution in [3.63, 3.8) is 0 Å². The van der Waals surface area contributed by atoms with E-state index in [9.17, 15) is 22.8 Å². The van der Waals surface area contributed by atoms with Gasteiger partial charge in [0, 0.05) is 18.3 Å². The van der Waals surface area contributed by atoms with E-state index < -0.39 is 35.0 Å². The summed E-state index contributed by atoms with van der Waals surface area (Å²) >= 11 is 0. The molecule has 0 saturated carbocycles. The number of nitrogens with zero attached hydrogens (tertiary/aromatic N) is 1. The number of carbonyl (C=O) groups is 2. The lowest BCUT2D eigenvalue weighted by Gasteiger charge is -2.08. The number of aromatic nitrogens is 1. The van der Waals surface area contributed by atoms with Crippen LogP contribution in [0.4, 0.5) is 18.9 Å². The normalized spacial score (nSPS) is 10.4. The van der Waals surface area contributed by atoms with Gasteiger partial charge in [0.2, 0.25) is 0 Å². The van der Waals surface area contributed by atoms with Crippen LogP contribution in [-0.2, 0) is 0 Å². The smallest absolute Gasteiger partial charge is 0.269 e. The van der Waals surface area contributed by atoms with Crippen LogP contribution in [0.1, 0.15) is 40.6 Å². The molecule has 25 heavy (non-hydrogen) atoms. The van der Waals surface area contributed by atoms with Crippen molar-refractivity contribution < 1.29 is 22.8 Å². The minimum atomic E-state index is -1.68. The van der Waals surface area contributed by atoms with Crippen molar-refractivity contribution in [1.82, 2.24) is 10.3 Å². The van der Waals surface area contributed by atoms with E-state index in [4.69, 9.17) is 0 Å². The van der Waals surface area contributed by atoms with E-state index in [1.165, 1.54) is 18.3 Å². The third kappa shape index (κ3) is 4.56. The first-order valence-electron chi connectivity index (χ1n) is 7.63. The molecule has 8 heteroatoms. The van der Waals surface area contributed by atoms with E-state index in [2.05, 4.69) is 15.6 Å². The second kappa shape index (κ2) is 8.27. The molecular formula is C17H16F3N3O2. The molecule has 0 aliphatic heterocycles. The van der Waals surface area contributed by atoms with Gasteiger partial charge in [-0.2, -0.15) is 0 Å². The second-order valence-corrected chi connectivity index (χ2v) is 5.22. The van der Waals surface area contributed by atoms with Gasteiger partial charge in [0.05, 0.1) is 5.69 Å². The maximum absolute atomic E-state index is 13.6. The average molecular weight is 351 g/mol. The number of nitrogens with one attached hydrogen (secondary N) is 2. The Balaban J connectivity index is 2.14. The summed E-state index contributed by atoms with van der Waals surface area (Å²) < 4.78 is 39.7. The maximum Gasteiger partial charge on any atom is 0.269 e. The monoisotopic (exact) mass is 351 g/mol. The minimum Gasteiger partial charge on any atom is -0.351 e. The third-order valence-electron chi connectivity index (χ3n) is 3.35. The highest BCUT2D eigenvalue weighted by molar-refractivity contribution is 6.05. The Hall–Kier alpha value is -2.90. The molecule has 0 saturated heterocycles. The van der Waals surface area contributed by atoms with Crippen molar-refractivity contribution >= 4 is 17.5 Å². The summed E-state index contributed by atoms with van der Waals surface area (Å²) in [6, 6.07) is 4.16. The van der Waals surface area contributed by atoms with Crippen LogP contribution in [0.15, 0.2) is 30.5 Å². The molecule has 2 rings (SSSR count). The topological polar surface area (TPSA) is 71.1 Å². The van der Waals surface area contributed by atoms with Gasteiger partial charge in [-0.1, -0.05) is 13.3 Å². The molecule has 0 radical (unpaired) electrons. The number of carbonyl (C=O) groups excluding carboxylic acids is 2. The molecule has 0 atom stereocenters. The fraction of sp³-hybridized carbons (Fsp3) is 0.235. The zero-order valence-corrected chi connectivity index (χ0v) is 13.4. The Morgan fingerprint density at radius 2 is 1.84 bits per heavy atom. The van der Waals surface area contributed by atoms with Gasteiger partial charge >= 0.3 is 0 Å². The van der Waals surface area contributed by atoms with Gasteiger partial charge in [0.1, 0.15) is 5.69 Å². The van der Waals surface area contributed by atoms with Gasteiger partial charge in [0.15, 0.2) is 17.5 Å². The molecule has 0 bridgehead atoms. The fourth-order valence-electron chi connectivity index (χ4n) is 1.98. The molecule has 0 spiro atoms. The molecule has 0 unspecified atom stereocenters. The van der Waals surface area contributed by atoms with Crippen molar-refractivity contribution in [1.29, 1.82) is 0 Å². The molecule has 0 aliphatic rings. The summed E-state index contributed by atoms with van der Waals surface area (Å²) in [5.41, 5.74) is -0.455. The summed E-state index contributed by atoms with van der Waals surface area (Å²) in [7, 11) is 0. The van der Waals surface area contributed by atoms with Crippen LogP contribution in [0, 0.1) is 17.5 Å². The SMILES string of the molecule is CCCCNC(=O)c1cc(C(=O)Nc2ccc(F)c(F)c2F)ccn1. The van der Waals surface area contributed by atoms with Crippen LogP contribution in [-0.4, -0.2) is 23.3 Å². The molecule has 0 aliphatic carbocycles. The molecule has 2 N–H and O–H groups in total. The van der Waals surface area contributed by atoms with Crippen LogP contribution >= 0.6 is 0 Å². The quantitative estimate of drug-likeness (QED) is 0.620. The highest BCUT2D eigenvalue weighted by atomic mass is 19.2. The fourth-order valence-corrected chi connectivity index (χ4v) is 1.98. The molecule has 2 aromatic rings. The van der Waals surface area contributed by atoms with Crippen molar-refractivity contribution in [2.24, 2.45) is 0 Å². The summed E-state index contributed by atoms with van der Waals surface area (Å²) in [6.07, 6.45) is 2.97. The van der Waals surface area contributed by atoms with Gasteiger partial charge in [-0.3, -0.25) is 14.6 Å². The molecule has 1 aromatic heterocycles. The van der Waals surface area contributed by atoms with Crippen molar-refractivity contribution in [2.45, 2.75) is 19.8 Å². The Labute approximate surface area is 142 Å². The van der Waals surface area contributed by atoms with Crippen molar-refractivity contribution in [3.05, 3.63) is 59.2 Å². The van der Waals surface area contributed by atoms with Gasteiger partial charge < -0.3 is 10.6 Å². The van der Waals surface area contributed by atoms with E-state index in [1.807, 2.05) is 6.92 Å². The van der Waals surface area contributed by atoms with Gasteiger partial charge in [-0.25, -0.2) is 13.2 Å². The van der Waals surface area contributed by atoms with E-state index in [0.29, 0.717) is 12.6 Å². The van der Waals surface area contributed by atoms with Crippen LogP contribution in [0.5, 0.6) is 0 Å². The number of rotatable bonds is 6. The van der Waals surface area contributed by atoms with Gasteiger partial charge in [-0.05, 0) is 30.7 Å². The maximum atomic E-state index is 13.6. The number of unbranched alkanes of at least 4 members (excludes halogenated alkanes) is 1.